The van der Waals surface area contributed by atoms with Gasteiger partial charge in [0.15, 0.2) is 11.5 Å². The fourth-order valence-corrected chi connectivity index (χ4v) is 3.75. The fourth-order valence-electron chi connectivity index (χ4n) is 3.75. The summed E-state index contributed by atoms with van der Waals surface area (Å²) in [7, 11) is 1.00. The van der Waals surface area contributed by atoms with Gasteiger partial charge in [-0.3, -0.25) is 0 Å². The first-order chi connectivity index (χ1) is 23.9. The van der Waals surface area contributed by atoms with E-state index in [9.17, 15) is 10.2 Å². The number of hydrogen-bond donors (Lipinski definition) is 2. The van der Waals surface area contributed by atoms with Gasteiger partial charge in [-0.1, -0.05) is 121 Å². The molecule has 1 radical (unpaired) electrons. The fraction of sp³-hybridized carbons (Fsp3) is 0.0294. The van der Waals surface area contributed by atoms with E-state index in [1.807, 2.05) is 78.9 Å². The minimum atomic E-state index is -0.140. The standard InChI is InChI=1S/2C15H11N3O.3CNS.CH4O.Cr/c2*19-13-9-8-11-5-1-2-6-12(11)15(13)18-17-14-7-3-4-10-16-14;3*2-1-3;1-2;/h2*1-10,19H;;;;2H,1H3;/q;;3*-1;;+3. The van der Waals surface area contributed by atoms with E-state index in [-0.39, 0.29) is 28.9 Å². The Labute approximate surface area is 314 Å². The molecule has 50 heavy (non-hydrogen) atoms. The molecule has 0 atom stereocenters. The first kappa shape index (κ1) is 44.4. The molecular formula is C34H26CrN9O3S3. The Morgan fingerprint density at radius 3 is 1.68 bits per heavy atom. The van der Waals surface area contributed by atoms with Crippen LogP contribution in [0.25, 0.3) is 37.8 Å². The van der Waals surface area contributed by atoms with Crippen molar-refractivity contribution < 1.29 is 37.7 Å². The smallest absolute Gasteiger partial charge is 0.871 e. The van der Waals surface area contributed by atoms with Crippen molar-refractivity contribution in [3.8, 4) is 11.5 Å². The summed E-state index contributed by atoms with van der Waals surface area (Å²) in [5.74, 6) is 1.10. The minimum absolute atomic E-state index is 0. The minimum Gasteiger partial charge on any atom is -0.871 e. The topological polar surface area (TPSA) is 207 Å². The van der Waals surface area contributed by atoms with Gasteiger partial charge >= 0.3 is 23.2 Å². The maximum Gasteiger partial charge on any atom is 3.00 e. The molecule has 0 saturated heterocycles. The van der Waals surface area contributed by atoms with Gasteiger partial charge in [0.25, 0.3) is 0 Å². The van der Waals surface area contributed by atoms with Crippen LogP contribution in [-0.2, 0) is 17.4 Å². The van der Waals surface area contributed by atoms with Crippen LogP contribution in [0.15, 0.2) is 142 Å². The van der Waals surface area contributed by atoms with E-state index in [2.05, 4.69) is 67.1 Å². The summed E-state index contributed by atoms with van der Waals surface area (Å²) in [6.07, 6.45) is 3.41. The van der Waals surface area contributed by atoms with Crippen molar-refractivity contribution in [3.05, 3.63) is 138 Å². The zero-order valence-corrected chi connectivity index (χ0v) is 29.8. The average Bonchev–Trinajstić information content (AvgIpc) is 3.14. The van der Waals surface area contributed by atoms with E-state index in [1.54, 1.807) is 36.7 Å². The van der Waals surface area contributed by atoms with Gasteiger partial charge < -0.3 is 31.5 Å². The molecule has 0 unspecified atom stereocenters. The molecule has 12 nitrogen and oxygen atoms in total. The van der Waals surface area contributed by atoms with Crippen LogP contribution in [0.2, 0.25) is 0 Å². The van der Waals surface area contributed by atoms with Crippen molar-refractivity contribution >= 4 is 96.7 Å². The normalized spacial score (nSPS) is 9.08. The first-order valence-corrected chi connectivity index (χ1v) is 14.8. The molecule has 4 aromatic carbocycles. The number of aromatic hydroxyl groups is 1. The van der Waals surface area contributed by atoms with Crippen LogP contribution in [0.1, 0.15) is 0 Å². The number of benzene rings is 4. The quantitative estimate of drug-likeness (QED) is 0.101. The number of aromatic nitrogens is 2. The number of aromatic amines is 1. The molecule has 0 fully saturated rings. The molecular weight excluding hydrogens is 731 g/mol. The van der Waals surface area contributed by atoms with Crippen molar-refractivity contribution in [2.24, 2.45) is 20.5 Å². The summed E-state index contributed by atoms with van der Waals surface area (Å²) in [5, 5.41) is 74.2. The van der Waals surface area contributed by atoms with E-state index >= 15 is 0 Å². The number of H-pyrrole nitrogens is 1. The van der Waals surface area contributed by atoms with Crippen LogP contribution in [0.4, 0.5) is 23.0 Å². The number of aliphatic hydroxyl groups is 1. The van der Waals surface area contributed by atoms with E-state index in [4.69, 9.17) is 21.3 Å². The van der Waals surface area contributed by atoms with Crippen molar-refractivity contribution in [1.29, 1.82) is 0 Å². The summed E-state index contributed by atoms with van der Waals surface area (Å²) >= 11 is 11.1. The number of aliphatic hydroxyl groups excluding tert-OH is 1. The van der Waals surface area contributed by atoms with Crippen LogP contribution in [0, 0.1) is 0 Å². The van der Waals surface area contributed by atoms with E-state index in [0.717, 1.165) is 28.7 Å². The number of isothiocyanates is 3. The van der Waals surface area contributed by atoms with Crippen LogP contribution in [0.5, 0.6) is 11.5 Å². The second-order valence-electron chi connectivity index (χ2n) is 8.40. The molecule has 249 valence electrons. The number of fused-ring (bicyclic) bond motifs is 2. The molecule has 0 saturated carbocycles. The van der Waals surface area contributed by atoms with Gasteiger partial charge in [-0.05, 0) is 40.2 Å². The largest absolute Gasteiger partial charge is 3.00 e. The Bertz CT molecular complexity index is 1890. The Kier molecular flexibility index (Phi) is 24.3. The number of nitrogens with zero attached hydrogens (tertiary/aromatic N) is 8. The number of phenols is 1. The van der Waals surface area contributed by atoms with E-state index < -0.39 is 0 Å². The third kappa shape index (κ3) is 15.5. The molecule has 6 rings (SSSR count). The van der Waals surface area contributed by atoms with Crippen LogP contribution >= 0.6 is 36.7 Å². The monoisotopic (exact) mass is 756 g/mol. The molecule has 0 aliphatic carbocycles. The van der Waals surface area contributed by atoms with Crippen LogP contribution < -0.4 is 10.1 Å². The number of rotatable bonds is 4. The third-order valence-corrected chi connectivity index (χ3v) is 5.59. The summed E-state index contributed by atoms with van der Waals surface area (Å²) in [6.45, 7) is 0. The summed E-state index contributed by atoms with van der Waals surface area (Å²) in [6, 6.07) is 33.1. The number of phenolic OH excluding ortho intramolecular Hbond substituents is 1. The SMILES string of the molecule is CO.Oc1ccc2ccccc2c1N=Nc1cccc[nH+]1.[Cr+3].[N-]=C=S.[N-]=C=S.[N-]=C=S.[O-]c1ccc2ccccc2c1N=Nc1ccccn1. The molecule has 0 amide bonds. The van der Waals surface area contributed by atoms with Gasteiger partial charge in [-0.25, -0.2) is 9.97 Å². The van der Waals surface area contributed by atoms with Crippen molar-refractivity contribution in [2.75, 3.05) is 7.11 Å². The molecule has 2 heterocycles. The molecule has 6 aromatic rings. The molecule has 0 aliphatic rings. The van der Waals surface area contributed by atoms with Gasteiger partial charge in [-0.15, -0.1) is 10.2 Å². The van der Waals surface area contributed by atoms with Gasteiger partial charge in [-0.2, -0.15) is 15.5 Å². The molecule has 0 bridgehead atoms. The van der Waals surface area contributed by atoms with Crippen molar-refractivity contribution in [1.82, 2.24) is 4.98 Å². The zero-order chi connectivity index (χ0) is 36.3. The number of pyridine rings is 2. The Morgan fingerprint density at radius 2 is 1.14 bits per heavy atom. The molecule has 0 spiro atoms. The molecule has 0 aliphatic heterocycles. The molecule has 2 aromatic heterocycles. The van der Waals surface area contributed by atoms with E-state index in [1.165, 1.54) is 21.6 Å². The number of nitrogens with one attached hydrogen (secondary N) is 1. The second kappa shape index (κ2) is 27.4. The predicted octanol–water partition coefficient (Wildman–Crippen LogP) is 9.08. The summed E-state index contributed by atoms with van der Waals surface area (Å²) in [5.41, 5.74) is 0.833. The first-order valence-electron chi connectivity index (χ1n) is 13.5. The van der Waals surface area contributed by atoms with Gasteiger partial charge in [0.1, 0.15) is 5.75 Å². The average molecular weight is 757 g/mol. The summed E-state index contributed by atoms with van der Waals surface area (Å²) < 4.78 is 0. The molecule has 16 heteroatoms. The second-order valence-corrected chi connectivity index (χ2v) is 8.95. The van der Waals surface area contributed by atoms with Crippen LogP contribution in [-0.4, -0.2) is 37.8 Å². The molecule has 3 N–H and O–H groups in total. The van der Waals surface area contributed by atoms with Crippen LogP contribution in [0.3, 0.4) is 0 Å². The maximum absolute atomic E-state index is 11.9. The Balaban J connectivity index is 0.000000737. The maximum atomic E-state index is 11.9. The van der Waals surface area contributed by atoms with Gasteiger partial charge in [0.2, 0.25) is 0 Å². The number of hydrogen-bond acceptors (Lipinski definition) is 11. The number of thiocarbonyl (C=S) groups is 3. The Morgan fingerprint density at radius 1 is 0.640 bits per heavy atom. The van der Waals surface area contributed by atoms with Crippen molar-refractivity contribution in [2.45, 2.75) is 0 Å². The number of azo groups is 2. The van der Waals surface area contributed by atoms with Crippen molar-refractivity contribution in [3.63, 3.8) is 0 Å². The summed E-state index contributed by atoms with van der Waals surface area (Å²) in [4.78, 5) is 7.01. The third-order valence-electron chi connectivity index (χ3n) is 5.59. The van der Waals surface area contributed by atoms with E-state index in [0.29, 0.717) is 23.0 Å². The van der Waals surface area contributed by atoms with Gasteiger partial charge in [0.05, 0.1) is 17.0 Å². The Hall–Kier alpha value is -5.61. The zero-order valence-electron chi connectivity index (χ0n) is 26.1. The van der Waals surface area contributed by atoms with Gasteiger partial charge in [0, 0.05) is 30.1 Å². The predicted molar refractivity (Wildman–Crippen MR) is 201 cm³/mol.